The first-order valence-corrected chi connectivity index (χ1v) is 9.65. The van der Waals surface area contributed by atoms with E-state index >= 15 is 0 Å². The van der Waals surface area contributed by atoms with Crippen LogP contribution in [0.1, 0.15) is 46.1 Å². The molecule has 1 aliphatic heterocycles. The van der Waals surface area contributed by atoms with E-state index in [0.717, 1.165) is 50.3 Å². The zero-order valence-electron chi connectivity index (χ0n) is 16.4. The first-order valence-electron chi connectivity index (χ1n) is 9.65. The van der Waals surface area contributed by atoms with Crippen molar-refractivity contribution in [2.24, 2.45) is 11.3 Å². The number of aryl methyl sites for hydroxylation is 1. The minimum Gasteiger partial charge on any atom is -0.342 e. The van der Waals surface area contributed by atoms with Gasteiger partial charge in [0.15, 0.2) is 0 Å². The zero-order valence-corrected chi connectivity index (χ0v) is 16.4. The molecule has 0 aliphatic carbocycles. The first-order chi connectivity index (χ1) is 12.4. The van der Waals surface area contributed by atoms with E-state index < -0.39 is 0 Å². The Balaban J connectivity index is 1.63. The number of amides is 1. The number of hydrogen-bond acceptors (Lipinski definition) is 3. The molecule has 3 rings (SSSR count). The van der Waals surface area contributed by atoms with Crippen LogP contribution in [-0.4, -0.2) is 38.7 Å². The molecular weight excluding hydrogens is 324 g/mol. The van der Waals surface area contributed by atoms with E-state index in [1.807, 2.05) is 48.8 Å². The predicted molar refractivity (Wildman–Crippen MR) is 104 cm³/mol. The molecule has 2 aromatic rings. The van der Waals surface area contributed by atoms with Gasteiger partial charge in [0.2, 0.25) is 5.91 Å². The molecule has 1 fully saturated rings. The fraction of sp³-hybridized carbons (Fsp3) is 0.571. The van der Waals surface area contributed by atoms with Gasteiger partial charge < -0.3 is 4.90 Å². The lowest BCUT2D eigenvalue weighted by Crippen LogP contribution is -2.44. The number of pyridine rings is 1. The topological polar surface area (TPSA) is 51.0 Å². The Labute approximate surface area is 156 Å². The van der Waals surface area contributed by atoms with E-state index in [-0.39, 0.29) is 11.3 Å². The van der Waals surface area contributed by atoms with Crippen molar-refractivity contribution >= 4 is 5.91 Å². The summed E-state index contributed by atoms with van der Waals surface area (Å²) in [6.45, 7) is 10.7. The molecule has 3 heterocycles. The van der Waals surface area contributed by atoms with E-state index in [0.29, 0.717) is 5.92 Å². The van der Waals surface area contributed by atoms with Crippen LogP contribution in [0.5, 0.6) is 0 Å². The lowest BCUT2D eigenvalue weighted by atomic mass is 9.88. The largest absolute Gasteiger partial charge is 0.342 e. The molecule has 0 bridgehead atoms. The number of carbonyl (C=O) groups is 1. The Morgan fingerprint density at radius 3 is 2.58 bits per heavy atom. The summed E-state index contributed by atoms with van der Waals surface area (Å²) in [6.07, 6.45) is 6.93. The minimum absolute atomic E-state index is 0.273. The van der Waals surface area contributed by atoms with Crippen LogP contribution in [0, 0.1) is 11.3 Å². The third-order valence-electron chi connectivity index (χ3n) is 5.17. The Morgan fingerprint density at radius 2 is 1.92 bits per heavy atom. The number of rotatable bonds is 4. The van der Waals surface area contributed by atoms with Crippen LogP contribution in [0.2, 0.25) is 0 Å². The van der Waals surface area contributed by atoms with E-state index in [1.54, 1.807) is 0 Å². The van der Waals surface area contributed by atoms with E-state index in [1.165, 1.54) is 5.56 Å². The summed E-state index contributed by atoms with van der Waals surface area (Å²) in [6, 6.07) is 6.32. The van der Waals surface area contributed by atoms with E-state index in [2.05, 4.69) is 29.1 Å². The van der Waals surface area contributed by atoms with Gasteiger partial charge in [0.1, 0.15) is 0 Å². The highest BCUT2D eigenvalue weighted by atomic mass is 16.2. The molecule has 2 aromatic heterocycles. The van der Waals surface area contributed by atoms with Gasteiger partial charge in [-0.2, -0.15) is 5.10 Å². The van der Waals surface area contributed by atoms with E-state index in [9.17, 15) is 4.79 Å². The average molecular weight is 354 g/mol. The summed E-state index contributed by atoms with van der Waals surface area (Å²) in [5.41, 5.74) is 3.09. The second-order valence-corrected chi connectivity index (χ2v) is 8.27. The van der Waals surface area contributed by atoms with Crippen LogP contribution >= 0.6 is 0 Å². The van der Waals surface area contributed by atoms with Gasteiger partial charge in [0, 0.05) is 37.4 Å². The number of nitrogens with zero attached hydrogens (tertiary/aromatic N) is 4. The molecule has 0 aromatic carbocycles. The summed E-state index contributed by atoms with van der Waals surface area (Å²) in [5.74, 6) is 0.903. The molecule has 26 heavy (non-hydrogen) atoms. The third kappa shape index (κ3) is 4.14. The second kappa shape index (κ2) is 7.60. The van der Waals surface area contributed by atoms with Gasteiger partial charge in [-0.1, -0.05) is 20.8 Å². The molecule has 0 saturated carbocycles. The number of hydrogen-bond donors (Lipinski definition) is 0. The van der Waals surface area contributed by atoms with Gasteiger partial charge in [-0.25, -0.2) is 0 Å². The van der Waals surface area contributed by atoms with Crippen molar-refractivity contribution in [2.45, 2.75) is 53.5 Å². The monoisotopic (exact) mass is 354 g/mol. The lowest BCUT2D eigenvalue weighted by Gasteiger charge is -2.35. The molecular formula is C21H30N4O. The van der Waals surface area contributed by atoms with Crippen molar-refractivity contribution in [3.8, 4) is 11.4 Å². The van der Waals surface area contributed by atoms with Crippen LogP contribution in [0.3, 0.4) is 0 Å². The molecule has 140 valence electrons. The van der Waals surface area contributed by atoms with Crippen LogP contribution < -0.4 is 0 Å². The van der Waals surface area contributed by atoms with Gasteiger partial charge in [0.05, 0.1) is 11.4 Å². The van der Waals surface area contributed by atoms with Gasteiger partial charge in [0.25, 0.3) is 0 Å². The second-order valence-electron chi connectivity index (χ2n) is 8.27. The minimum atomic E-state index is -0.283. The normalized spacial score (nSPS) is 16.1. The maximum atomic E-state index is 12.4. The maximum absolute atomic E-state index is 12.4. The fourth-order valence-electron chi connectivity index (χ4n) is 3.69. The molecule has 0 N–H and O–H groups in total. The quantitative estimate of drug-likeness (QED) is 0.839. The summed E-state index contributed by atoms with van der Waals surface area (Å²) >= 11 is 0. The van der Waals surface area contributed by atoms with Crippen LogP contribution in [0.25, 0.3) is 11.4 Å². The SMILES string of the molecule is CCn1nccc1-c1cc(CC2CCN(C(=O)C(C)(C)C)CC2)ccn1. The highest BCUT2D eigenvalue weighted by Crippen LogP contribution is 2.26. The third-order valence-corrected chi connectivity index (χ3v) is 5.17. The average Bonchev–Trinajstić information content (AvgIpc) is 3.10. The lowest BCUT2D eigenvalue weighted by molar-refractivity contribution is -0.140. The predicted octanol–water partition coefficient (Wildman–Crippen LogP) is 3.79. The highest BCUT2D eigenvalue weighted by Gasteiger charge is 2.30. The molecule has 5 heteroatoms. The molecule has 0 atom stereocenters. The molecule has 0 unspecified atom stereocenters. The van der Waals surface area contributed by atoms with Crippen molar-refractivity contribution in [3.63, 3.8) is 0 Å². The number of piperidine rings is 1. The summed E-state index contributed by atoms with van der Waals surface area (Å²) < 4.78 is 1.97. The molecule has 1 amide bonds. The summed E-state index contributed by atoms with van der Waals surface area (Å²) in [5, 5.41) is 4.34. The molecule has 5 nitrogen and oxygen atoms in total. The summed E-state index contributed by atoms with van der Waals surface area (Å²) in [4.78, 5) is 19.0. The molecule has 1 saturated heterocycles. The molecule has 0 radical (unpaired) electrons. The molecule has 0 spiro atoms. The maximum Gasteiger partial charge on any atom is 0.227 e. The van der Waals surface area contributed by atoms with Gasteiger partial charge >= 0.3 is 0 Å². The van der Waals surface area contributed by atoms with Crippen molar-refractivity contribution in [1.82, 2.24) is 19.7 Å². The van der Waals surface area contributed by atoms with Crippen molar-refractivity contribution in [2.75, 3.05) is 13.1 Å². The summed E-state index contributed by atoms with van der Waals surface area (Å²) in [7, 11) is 0. The van der Waals surface area contributed by atoms with Gasteiger partial charge in [-0.05, 0) is 55.9 Å². The Bertz CT molecular complexity index is 751. The van der Waals surface area contributed by atoms with Crippen molar-refractivity contribution in [3.05, 3.63) is 36.2 Å². The van der Waals surface area contributed by atoms with Crippen LogP contribution in [0.15, 0.2) is 30.6 Å². The van der Waals surface area contributed by atoms with Crippen LogP contribution in [-0.2, 0) is 17.8 Å². The number of carbonyl (C=O) groups excluding carboxylic acids is 1. The zero-order chi connectivity index (χ0) is 18.7. The van der Waals surface area contributed by atoms with Gasteiger partial charge in [-0.3, -0.25) is 14.5 Å². The number of aromatic nitrogens is 3. The number of likely N-dealkylation sites (tertiary alicyclic amines) is 1. The van der Waals surface area contributed by atoms with Gasteiger partial charge in [-0.15, -0.1) is 0 Å². The smallest absolute Gasteiger partial charge is 0.227 e. The highest BCUT2D eigenvalue weighted by molar-refractivity contribution is 5.81. The van der Waals surface area contributed by atoms with Crippen LogP contribution in [0.4, 0.5) is 0 Å². The first kappa shape index (κ1) is 18.6. The van der Waals surface area contributed by atoms with Crippen molar-refractivity contribution < 1.29 is 4.79 Å². The Kier molecular flexibility index (Phi) is 5.44. The fourth-order valence-corrected chi connectivity index (χ4v) is 3.69. The van der Waals surface area contributed by atoms with Crippen molar-refractivity contribution in [1.29, 1.82) is 0 Å². The standard InChI is InChI=1S/C21H30N4O/c1-5-25-19(7-11-23-25)18-15-17(6-10-22-18)14-16-8-12-24(13-9-16)20(26)21(2,3)4/h6-7,10-11,15-16H,5,8-9,12-14H2,1-4H3. The Morgan fingerprint density at radius 1 is 1.19 bits per heavy atom. The van der Waals surface area contributed by atoms with E-state index in [4.69, 9.17) is 0 Å². The molecule has 1 aliphatic rings. The Hall–Kier alpha value is -2.17.